The average Bonchev–Trinajstić information content (AvgIpc) is 3.18. The second-order valence-electron chi connectivity index (χ2n) is 8.14. The zero-order valence-corrected chi connectivity index (χ0v) is 15.8. The molecule has 1 saturated carbocycles. The SMILES string of the molecule is CO[C@@]1(Cc2ccccc2)CC2CN(CC(=O)c3ccc(O)cc3)C[C@H]2C1. The number of carbonyl (C=O) groups excluding carboxylic acids is 1. The van der Waals surface area contributed by atoms with Gasteiger partial charge in [-0.15, -0.1) is 0 Å². The Morgan fingerprint density at radius 3 is 2.30 bits per heavy atom. The number of phenols is 1. The van der Waals surface area contributed by atoms with Gasteiger partial charge in [-0.2, -0.15) is 0 Å². The summed E-state index contributed by atoms with van der Waals surface area (Å²) in [5.74, 6) is 1.51. The average molecular weight is 365 g/mol. The van der Waals surface area contributed by atoms with Crippen LogP contribution in [0.5, 0.6) is 5.75 Å². The molecular formula is C23H27NO3. The lowest BCUT2D eigenvalue weighted by molar-refractivity contribution is -0.0129. The number of rotatable bonds is 6. The summed E-state index contributed by atoms with van der Waals surface area (Å²) in [6.07, 6.45) is 3.09. The summed E-state index contributed by atoms with van der Waals surface area (Å²) in [6, 6.07) is 17.1. The highest BCUT2D eigenvalue weighted by Crippen LogP contribution is 2.47. The van der Waals surface area contributed by atoms with Gasteiger partial charge in [-0.25, -0.2) is 0 Å². The summed E-state index contributed by atoms with van der Waals surface area (Å²) in [5, 5.41) is 9.38. The zero-order valence-electron chi connectivity index (χ0n) is 15.8. The number of hydrogen-bond donors (Lipinski definition) is 1. The van der Waals surface area contributed by atoms with Crippen molar-refractivity contribution in [1.82, 2.24) is 4.90 Å². The Kier molecular flexibility index (Phi) is 5.02. The molecule has 1 aliphatic heterocycles. The Labute approximate surface area is 160 Å². The van der Waals surface area contributed by atoms with E-state index in [0.29, 0.717) is 23.9 Å². The Morgan fingerprint density at radius 2 is 1.70 bits per heavy atom. The van der Waals surface area contributed by atoms with E-state index in [1.165, 1.54) is 5.56 Å². The number of nitrogens with zero attached hydrogens (tertiary/aromatic N) is 1. The summed E-state index contributed by atoms with van der Waals surface area (Å²) in [4.78, 5) is 14.8. The molecule has 2 aromatic rings. The molecule has 2 aromatic carbocycles. The number of aromatic hydroxyl groups is 1. The van der Waals surface area contributed by atoms with Crippen LogP contribution in [-0.2, 0) is 11.2 Å². The first-order valence-corrected chi connectivity index (χ1v) is 9.70. The van der Waals surface area contributed by atoms with E-state index in [1.54, 1.807) is 24.3 Å². The first-order chi connectivity index (χ1) is 13.1. The van der Waals surface area contributed by atoms with Crippen molar-refractivity contribution < 1.29 is 14.6 Å². The van der Waals surface area contributed by atoms with Crippen LogP contribution in [0.1, 0.15) is 28.8 Å². The Balaban J connectivity index is 1.36. The smallest absolute Gasteiger partial charge is 0.176 e. The zero-order chi connectivity index (χ0) is 18.9. The van der Waals surface area contributed by atoms with Crippen molar-refractivity contribution >= 4 is 5.78 Å². The van der Waals surface area contributed by atoms with Gasteiger partial charge in [-0.3, -0.25) is 9.69 Å². The van der Waals surface area contributed by atoms with E-state index in [2.05, 4.69) is 35.2 Å². The maximum absolute atomic E-state index is 12.5. The van der Waals surface area contributed by atoms with Gasteiger partial charge >= 0.3 is 0 Å². The third-order valence-electron chi connectivity index (χ3n) is 6.28. The topological polar surface area (TPSA) is 49.8 Å². The molecule has 1 aliphatic carbocycles. The number of ketones is 1. The number of hydrogen-bond acceptors (Lipinski definition) is 4. The monoisotopic (exact) mass is 365 g/mol. The number of phenolic OH excluding ortho intramolecular Hbond substituents is 1. The van der Waals surface area contributed by atoms with E-state index < -0.39 is 0 Å². The van der Waals surface area contributed by atoms with Gasteiger partial charge in [-0.1, -0.05) is 30.3 Å². The van der Waals surface area contributed by atoms with Crippen molar-refractivity contribution in [3.8, 4) is 5.75 Å². The molecule has 4 nitrogen and oxygen atoms in total. The summed E-state index contributed by atoms with van der Waals surface area (Å²) >= 11 is 0. The first kappa shape index (κ1) is 18.2. The molecule has 2 fully saturated rings. The van der Waals surface area contributed by atoms with Crippen LogP contribution in [-0.4, -0.2) is 48.1 Å². The normalized spacial score (nSPS) is 27.6. The molecule has 2 aliphatic rings. The first-order valence-electron chi connectivity index (χ1n) is 9.70. The third-order valence-corrected chi connectivity index (χ3v) is 6.28. The van der Waals surface area contributed by atoms with Gasteiger partial charge in [0.05, 0.1) is 12.1 Å². The molecule has 27 heavy (non-hydrogen) atoms. The maximum Gasteiger partial charge on any atom is 0.176 e. The van der Waals surface area contributed by atoms with Crippen LogP contribution >= 0.6 is 0 Å². The van der Waals surface area contributed by atoms with Gasteiger partial charge in [0.1, 0.15) is 5.75 Å². The Hall–Kier alpha value is -2.17. The van der Waals surface area contributed by atoms with Gasteiger partial charge < -0.3 is 9.84 Å². The van der Waals surface area contributed by atoms with Gasteiger partial charge in [-0.05, 0) is 54.5 Å². The molecule has 3 atom stereocenters. The standard InChI is InChI=1S/C23H27NO3/c1-27-23(11-17-5-3-2-4-6-17)12-19-14-24(15-20(19)13-23)16-22(26)18-7-9-21(25)10-8-18/h2-10,19-20,25H,11-16H2,1H3/t19-,20?,23-/m1/s1. The molecule has 0 spiro atoms. The second-order valence-corrected chi connectivity index (χ2v) is 8.14. The Morgan fingerprint density at radius 1 is 1.07 bits per heavy atom. The largest absolute Gasteiger partial charge is 0.508 e. The number of Topliss-reactive ketones (excluding diaryl/α,β-unsaturated/α-hetero) is 1. The van der Waals surface area contributed by atoms with Gasteiger partial charge in [0.25, 0.3) is 0 Å². The number of fused-ring (bicyclic) bond motifs is 1. The Bertz CT molecular complexity index is 773. The highest BCUT2D eigenvalue weighted by atomic mass is 16.5. The molecule has 0 bridgehead atoms. The quantitative estimate of drug-likeness (QED) is 0.796. The predicted octanol–water partition coefficient (Wildman–Crippen LogP) is 3.54. The van der Waals surface area contributed by atoms with E-state index in [1.807, 2.05) is 7.11 Å². The summed E-state index contributed by atoms with van der Waals surface area (Å²) < 4.78 is 6.03. The molecule has 4 heteroatoms. The summed E-state index contributed by atoms with van der Waals surface area (Å²) in [5.41, 5.74) is 1.93. The van der Waals surface area contributed by atoms with Crippen LogP contribution in [0.15, 0.2) is 54.6 Å². The molecule has 1 N–H and O–H groups in total. The minimum Gasteiger partial charge on any atom is -0.508 e. The third kappa shape index (κ3) is 3.92. The van der Waals surface area contributed by atoms with E-state index >= 15 is 0 Å². The molecule has 1 heterocycles. The van der Waals surface area contributed by atoms with Crippen LogP contribution in [0.25, 0.3) is 0 Å². The van der Waals surface area contributed by atoms with Crippen LogP contribution in [0, 0.1) is 11.8 Å². The molecule has 0 radical (unpaired) electrons. The minimum atomic E-state index is -0.0657. The molecular weight excluding hydrogens is 338 g/mol. The van der Waals surface area contributed by atoms with E-state index in [4.69, 9.17) is 4.74 Å². The fraction of sp³-hybridized carbons (Fsp3) is 0.435. The number of methoxy groups -OCH3 is 1. The molecule has 4 rings (SSSR count). The summed E-state index contributed by atoms with van der Waals surface area (Å²) in [7, 11) is 1.84. The van der Waals surface area contributed by atoms with Crippen molar-refractivity contribution in [1.29, 1.82) is 0 Å². The fourth-order valence-electron chi connectivity index (χ4n) is 4.96. The van der Waals surface area contributed by atoms with Crippen molar-refractivity contribution in [3.05, 3.63) is 65.7 Å². The highest BCUT2D eigenvalue weighted by Gasteiger charge is 2.49. The van der Waals surface area contributed by atoms with E-state index in [9.17, 15) is 9.90 Å². The lowest BCUT2D eigenvalue weighted by Gasteiger charge is -2.30. The van der Waals surface area contributed by atoms with Crippen LogP contribution in [0.3, 0.4) is 0 Å². The fourth-order valence-corrected chi connectivity index (χ4v) is 4.96. The molecule has 142 valence electrons. The van der Waals surface area contributed by atoms with E-state index in [-0.39, 0.29) is 17.1 Å². The molecule has 1 saturated heterocycles. The predicted molar refractivity (Wildman–Crippen MR) is 105 cm³/mol. The number of likely N-dealkylation sites (tertiary alicyclic amines) is 1. The van der Waals surface area contributed by atoms with Crippen LogP contribution < -0.4 is 0 Å². The minimum absolute atomic E-state index is 0.0657. The van der Waals surface area contributed by atoms with Gasteiger partial charge in [0, 0.05) is 32.2 Å². The maximum atomic E-state index is 12.5. The molecule has 0 amide bonds. The lowest BCUT2D eigenvalue weighted by atomic mass is 9.91. The van der Waals surface area contributed by atoms with Crippen molar-refractivity contribution in [2.75, 3.05) is 26.7 Å². The van der Waals surface area contributed by atoms with Crippen molar-refractivity contribution in [2.45, 2.75) is 24.9 Å². The van der Waals surface area contributed by atoms with Crippen molar-refractivity contribution in [3.63, 3.8) is 0 Å². The highest BCUT2D eigenvalue weighted by molar-refractivity contribution is 5.97. The molecule has 1 unspecified atom stereocenters. The lowest BCUT2D eigenvalue weighted by Crippen LogP contribution is -2.35. The van der Waals surface area contributed by atoms with Crippen LogP contribution in [0.2, 0.25) is 0 Å². The number of ether oxygens (including phenoxy) is 1. The van der Waals surface area contributed by atoms with Crippen molar-refractivity contribution in [2.24, 2.45) is 11.8 Å². The molecule has 0 aromatic heterocycles. The van der Waals surface area contributed by atoms with Gasteiger partial charge in [0.2, 0.25) is 0 Å². The summed E-state index contributed by atoms with van der Waals surface area (Å²) in [6.45, 7) is 2.39. The van der Waals surface area contributed by atoms with E-state index in [0.717, 1.165) is 32.4 Å². The second kappa shape index (κ2) is 7.45. The van der Waals surface area contributed by atoms with Crippen LogP contribution in [0.4, 0.5) is 0 Å². The number of benzene rings is 2. The van der Waals surface area contributed by atoms with Gasteiger partial charge in [0.15, 0.2) is 5.78 Å². The number of carbonyl (C=O) groups is 1.